The second-order valence-electron chi connectivity index (χ2n) is 4.78. The van der Waals surface area contributed by atoms with Crippen LogP contribution in [0.5, 0.6) is 0 Å². The van der Waals surface area contributed by atoms with Crippen LogP contribution in [0.2, 0.25) is 0 Å². The predicted octanol–water partition coefficient (Wildman–Crippen LogP) is 2.58. The van der Waals surface area contributed by atoms with Gasteiger partial charge in [-0.15, -0.1) is 12.4 Å². The summed E-state index contributed by atoms with van der Waals surface area (Å²) in [5, 5.41) is 0. The first-order valence-corrected chi connectivity index (χ1v) is 4.99. The minimum Gasteiger partial charge on any atom is -0.328 e. The van der Waals surface area contributed by atoms with Gasteiger partial charge in [-0.1, -0.05) is 6.92 Å². The zero-order valence-corrected chi connectivity index (χ0v) is 8.65. The van der Waals surface area contributed by atoms with Crippen molar-refractivity contribution in [2.45, 2.75) is 45.1 Å². The van der Waals surface area contributed by atoms with E-state index in [0.717, 1.165) is 17.8 Å². The maximum atomic E-state index is 5.97. The summed E-state index contributed by atoms with van der Waals surface area (Å²) in [7, 11) is 0. The second-order valence-corrected chi connectivity index (χ2v) is 4.78. The van der Waals surface area contributed by atoms with Crippen LogP contribution in [0.1, 0.15) is 39.0 Å². The van der Waals surface area contributed by atoms with Crippen molar-refractivity contribution in [1.29, 1.82) is 0 Å². The third-order valence-electron chi connectivity index (χ3n) is 3.41. The monoisotopic (exact) mass is 189 g/mol. The Hall–Kier alpha value is 0.250. The molecule has 12 heavy (non-hydrogen) atoms. The van der Waals surface area contributed by atoms with Crippen molar-refractivity contribution in [2.75, 3.05) is 0 Å². The van der Waals surface area contributed by atoms with E-state index in [4.69, 9.17) is 5.73 Å². The highest BCUT2D eigenvalue weighted by Crippen LogP contribution is 2.41. The highest BCUT2D eigenvalue weighted by molar-refractivity contribution is 5.85. The number of halogens is 1. The van der Waals surface area contributed by atoms with E-state index in [1.54, 1.807) is 0 Å². The summed E-state index contributed by atoms with van der Waals surface area (Å²) < 4.78 is 0. The molecule has 2 rings (SSSR count). The van der Waals surface area contributed by atoms with Gasteiger partial charge in [0, 0.05) is 6.04 Å². The normalized spacial score (nSPS) is 46.5. The van der Waals surface area contributed by atoms with Crippen LogP contribution < -0.4 is 5.73 Å². The summed E-state index contributed by atoms with van der Waals surface area (Å²) >= 11 is 0. The molecule has 0 spiro atoms. The summed E-state index contributed by atoms with van der Waals surface area (Å²) in [5.74, 6) is 2.94. The Bertz CT molecular complexity index is 115. The Morgan fingerprint density at radius 3 is 1.92 bits per heavy atom. The molecule has 2 atom stereocenters. The SMILES string of the molecule is C[C@H]1CC2CC(C1)C[C@H](N)C2.Cl. The lowest BCUT2D eigenvalue weighted by Gasteiger charge is -2.40. The largest absolute Gasteiger partial charge is 0.328 e. The first kappa shape index (κ1) is 10.3. The lowest BCUT2D eigenvalue weighted by atomic mass is 9.67. The van der Waals surface area contributed by atoms with Crippen molar-refractivity contribution in [3.05, 3.63) is 0 Å². The smallest absolute Gasteiger partial charge is 0.00441 e. The Morgan fingerprint density at radius 1 is 0.917 bits per heavy atom. The third-order valence-corrected chi connectivity index (χ3v) is 3.41. The highest BCUT2D eigenvalue weighted by atomic mass is 35.5. The number of hydrogen-bond donors (Lipinski definition) is 1. The van der Waals surface area contributed by atoms with Gasteiger partial charge in [-0.3, -0.25) is 0 Å². The van der Waals surface area contributed by atoms with Gasteiger partial charge in [0.05, 0.1) is 0 Å². The van der Waals surface area contributed by atoms with E-state index >= 15 is 0 Å². The fourth-order valence-electron chi connectivity index (χ4n) is 3.24. The van der Waals surface area contributed by atoms with Crippen molar-refractivity contribution < 1.29 is 0 Å². The molecule has 2 aliphatic carbocycles. The molecule has 2 aliphatic rings. The van der Waals surface area contributed by atoms with Gasteiger partial charge in [0.2, 0.25) is 0 Å². The van der Waals surface area contributed by atoms with Gasteiger partial charge in [0.1, 0.15) is 0 Å². The first-order chi connectivity index (χ1) is 5.24. The second kappa shape index (κ2) is 3.97. The molecule has 2 N–H and O–H groups in total. The van der Waals surface area contributed by atoms with Crippen molar-refractivity contribution in [1.82, 2.24) is 0 Å². The van der Waals surface area contributed by atoms with Gasteiger partial charge in [0.15, 0.2) is 0 Å². The van der Waals surface area contributed by atoms with Crippen molar-refractivity contribution in [3.8, 4) is 0 Å². The molecule has 0 amide bonds. The number of hydrogen-bond acceptors (Lipinski definition) is 1. The van der Waals surface area contributed by atoms with Gasteiger partial charge in [-0.2, -0.15) is 0 Å². The first-order valence-electron chi connectivity index (χ1n) is 4.99. The van der Waals surface area contributed by atoms with Gasteiger partial charge in [-0.25, -0.2) is 0 Å². The lowest BCUT2D eigenvalue weighted by Crippen LogP contribution is -2.37. The summed E-state index contributed by atoms with van der Waals surface area (Å²) in [6.45, 7) is 2.40. The molecule has 0 aliphatic heterocycles. The molecule has 2 fully saturated rings. The van der Waals surface area contributed by atoms with Gasteiger partial charge in [-0.05, 0) is 49.9 Å². The Morgan fingerprint density at radius 2 is 1.42 bits per heavy atom. The molecule has 2 bridgehead atoms. The number of fused-ring (bicyclic) bond motifs is 2. The van der Waals surface area contributed by atoms with Gasteiger partial charge < -0.3 is 5.73 Å². The average Bonchev–Trinajstić information content (AvgIpc) is 1.82. The standard InChI is InChI=1S/C10H19N.ClH/c1-7-2-8-4-9(3-7)6-10(11)5-8;/h7-10H,2-6,11H2,1H3;1H/t7-,8?,9?,10+;. The van der Waals surface area contributed by atoms with Crippen LogP contribution in [0.3, 0.4) is 0 Å². The van der Waals surface area contributed by atoms with E-state index < -0.39 is 0 Å². The molecule has 2 heteroatoms. The molecule has 0 heterocycles. The van der Waals surface area contributed by atoms with Crippen LogP contribution in [-0.2, 0) is 0 Å². The Balaban J connectivity index is 0.000000720. The average molecular weight is 190 g/mol. The molecule has 2 saturated carbocycles. The summed E-state index contributed by atoms with van der Waals surface area (Å²) in [6, 6.07) is 0.534. The topological polar surface area (TPSA) is 26.0 Å². The fourth-order valence-corrected chi connectivity index (χ4v) is 3.24. The summed E-state index contributed by atoms with van der Waals surface area (Å²) in [4.78, 5) is 0. The number of rotatable bonds is 0. The predicted molar refractivity (Wildman–Crippen MR) is 54.5 cm³/mol. The molecule has 1 nitrogen and oxygen atoms in total. The molecule has 0 aromatic heterocycles. The molecular formula is C10H20ClN. The highest BCUT2D eigenvalue weighted by Gasteiger charge is 2.32. The zero-order valence-electron chi connectivity index (χ0n) is 7.83. The maximum absolute atomic E-state index is 5.97. The quantitative estimate of drug-likeness (QED) is 0.623. The summed E-state index contributed by atoms with van der Waals surface area (Å²) in [5.41, 5.74) is 5.97. The molecule has 0 saturated heterocycles. The molecule has 0 radical (unpaired) electrons. The molecule has 2 unspecified atom stereocenters. The van der Waals surface area contributed by atoms with Crippen LogP contribution in [0.15, 0.2) is 0 Å². The zero-order chi connectivity index (χ0) is 7.84. The van der Waals surface area contributed by atoms with E-state index in [2.05, 4.69) is 6.92 Å². The van der Waals surface area contributed by atoms with Crippen LogP contribution in [0.4, 0.5) is 0 Å². The van der Waals surface area contributed by atoms with Gasteiger partial charge >= 0.3 is 0 Å². The van der Waals surface area contributed by atoms with Crippen LogP contribution in [0.25, 0.3) is 0 Å². The van der Waals surface area contributed by atoms with Crippen LogP contribution in [0, 0.1) is 17.8 Å². The van der Waals surface area contributed by atoms with Gasteiger partial charge in [0.25, 0.3) is 0 Å². The molecule has 0 aromatic carbocycles. The Labute approximate surface area is 81.5 Å². The Kier molecular flexibility index (Phi) is 3.42. The van der Waals surface area contributed by atoms with E-state index in [1.165, 1.54) is 32.1 Å². The molecule has 0 aromatic rings. The van der Waals surface area contributed by atoms with Crippen LogP contribution in [-0.4, -0.2) is 6.04 Å². The minimum absolute atomic E-state index is 0. The summed E-state index contributed by atoms with van der Waals surface area (Å²) in [6.07, 6.45) is 6.99. The third kappa shape index (κ3) is 2.14. The van der Waals surface area contributed by atoms with E-state index in [-0.39, 0.29) is 12.4 Å². The number of nitrogens with two attached hydrogens (primary N) is 1. The van der Waals surface area contributed by atoms with Crippen molar-refractivity contribution in [2.24, 2.45) is 23.5 Å². The fraction of sp³-hybridized carbons (Fsp3) is 1.00. The maximum Gasteiger partial charge on any atom is 0.00441 e. The van der Waals surface area contributed by atoms with Crippen LogP contribution >= 0.6 is 12.4 Å². The van der Waals surface area contributed by atoms with E-state index in [9.17, 15) is 0 Å². The minimum atomic E-state index is 0. The van der Waals surface area contributed by atoms with E-state index in [0.29, 0.717) is 6.04 Å². The van der Waals surface area contributed by atoms with E-state index in [1.807, 2.05) is 0 Å². The lowest BCUT2D eigenvalue weighted by molar-refractivity contribution is 0.131. The van der Waals surface area contributed by atoms with Crippen molar-refractivity contribution in [3.63, 3.8) is 0 Å². The molecule has 72 valence electrons. The van der Waals surface area contributed by atoms with Crippen molar-refractivity contribution >= 4 is 12.4 Å². The molecular weight excluding hydrogens is 170 g/mol.